The Labute approximate surface area is 102 Å². The first-order chi connectivity index (χ1) is 7.08. The van der Waals surface area contributed by atoms with Gasteiger partial charge >= 0.3 is 5.97 Å². The van der Waals surface area contributed by atoms with Crippen LogP contribution in [0, 0.1) is 0 Å². The second-order valence-corrected chi connectivity index (χ2v) is 5.69. The highest BCUT2D eigenvalue weighted by Crippen LogP contribution is 2.21. The van der Waals surface area contributed by atoms with Gasteiger partial charge < -0.3 is 5.11 Å². The Balaban J connectivity index is 2.40. The second-order valence-electron chi connectivity index (χ2n) is 3.35. The van der Waals surface area contributed by atoms with E-state index in [9.17, 15) is 4.79 Å². The number of hydrogen-bond acceptors (Lipinski definition) is 2. The van der Waals surface area contributed by atoms with Crippen LogP contribution < -0.4 is 0 Å². The third-order valence-electron chi connectivity index (χ3n) is 1.89. The van der Waals surface area contributed by atoms with Gasteiger partial charge in [0.2, 0.25) is 0 Å². The zero-order chi connectivity index (χ0) is 11.3. The molecule has 1 unspecified atom stereocenters. The summed E-state index contributed by atoms with van der Waals surface area (Å²) in [6.07, 6.45) is 0.221. The van der Waals surface area contributed by atoms with E-state index in [1.54, 1.807) is 11.8 Å². The lowest BCUT2D eigenvalue weighted by Crippen LogP contribution is -2.05. The number of benzene rings is 1. The normalized spacial score (nSPS) is 12.4. The molecule has 0 radical (unpaired) electrons. The largest absolute Gasteiger partial charge is 0.481 e. The van der Waals surface area contributed by atoms with Crippen molar-refractivity contribution in [2.24, 2.45) is 0 Å². The van der Waals surface area contributed by atoms with Crippen molar-refractivity contribution >= 4 is 33.7 Å². The SMILES string of the molecule is CC(CC(=O)O)SCc1cccc(Br)c1. The van der Waals surface area contributed by atoms with Gasteiger partial charge in [-0.2, -0.15) is 11.8 Å². The van der Waals surface area contributed by atoms with Crippen LogP contribution in [0.1, 0.15) is 18.9 Å². The van der Waals surface area contributed by atoms with Crippen molar-refractivity contribution in [1.29, 1.82) is 0 Å². The quantitative estimate of drug-likeness (QED) is 0.900. The molecule has 1 N–H and O–H groups in total. The highest BCUT2D eigenvalue weighted by molar-refractivity contribution is 9.10. The van der Waals surface area contributed by atoms with Crippen molar-refractivity contribution < 1.29 is 9.90 Å². The molecule has 0 aliphatic carbocycles. The molecule has 1 aromatic carbocycles. The van der Waals surface area contributed by atoms with Crippen molar-refractivity contribution in [3.05, 3.63) is 34.3 Å². The van der Waals surface area contributed by atoms with E-state index in [2.05, 4.69) is 22.0 Å². The van der Waals surface area contributed by atoms with E-state index < -0.39 is 5.97 Å². The fourth-order valence-electron chi connectivity index (χ4n) is 1.17. The molecule has 4 heteroatoms. The summed E-state index contributed by atoms with van der Waals surface area (Å²) in [5.74, 6) is 0.123. The Morgan fingerprint density at radius 2 is 2.33 bits per heavy atom. The van der Waals surface area contributed by atoms with Crippen LogP contribution >= 0.6 is 27.7 Å². The van der Waals surface area contributed by atoms with Gasteiger partial charge in [0.05, 0.1) is 6.42 Å². The van der Waals surface area contributed by atoms with Crippen LogP contribution in [-0.2, 0) is 10.5 Å². The predicted octanol–water partition coefficient (Wildman–Crippen LogP) is 3.55. The van der Waals surface area contributed by atoms with E-state index in [0.29, 0.717) is 0 Å². The van der Waals surface area contributed by atoms with Crippen LogP contribution in [0.2, 0.25) is 0 Å². The summed E-state index contributed by atoms with van der Waals surface area (Å²) in [5, 5.41) is 8.76. The summed E-state index contributed by atoms with van der Waals surface area (Å²) >= 11 is 5.07. The Kier molecular flexibility index (Phi) is 5.19. The number of halogens is 1. The van der Waals surface area contributed by atoms with Crippen molar-refractivity contribution in [1.82, 2.24) is 0 Å². The van der Waals surface area contributed by atoms with E-state index in [4.69, 9.17) is 5.11 Å². The average Bonchev–Trinajstić information content (AvgIpc) is 2.14. The van der Waals surface area contributed by atoms with E-state index >= 15 is 0 Å². The third-order valence-corrected chi connectivity index (χ3v) is 3.61. The molecule has 82 valence electrons. The van der Waals surface area contributed by atoms with E-state index in [1.807, 2.05) is 25.1 Å². The summed E-state index contributed by atoms with van der Waals surface area (Å²) in [6.45, 7) is 1.94. The van der Waals surface area contributed by atoms with Crippen LogP contribution in [0.5, 0.6) is 0 Å². The van der Waals surface area contributed by atoms with Gasteiger partial charge in [-0.3, -0.25) is 4.79 Å². The fraction of sp³-hybridized carbons (Fsp3) is 0.364. The lowest BCUT2D eigenvalue weighted by Gasteiger charge is -2.08. The van der Waals surface area contributed by atoms with Crippen molar-refractivity contribution in [3.8, 4) is 0 Å². The van der Waals surface area contributed by atoms with Crippen LogP contribution in [-0.4, -0.2) is 16.3 Å². The van der Waals surface area contributed by atoms with E-state index in [0.717, 1.165) is 10.2 Å². The van der Waals surface area contributed by atoms with Crippen LogP contribution in [0.4, 0.5) is 0 Å². The first-order valence-corrected chi connectivity index (χ1v) is 6.50. The minimum absolute atomic E-state index is 0.154. The molecule has 0 saturated heterocycles. The minimum Gasteiger partial charge on any atom is -0.481 e. The van der Waals surface area contributed by atoms with Crippen LogP contribution in [0.25, 0.3) is 0 Å². The minimum atomic E-state index is -0.732. The van der Waals surface area contributed by atoms with Crippen molar-refractivity contribution in [3.63, 3.8) is 0 Å². The molecule has 2 nitrogen and oxygen atoms in total. The molecule has 0 fully saturated rings. The summed E-state index contributed by atoms with van der Waals surface area (Å²) < 4.78 is 1.06. The number of carboxylic acid groups (broad SMARTS) is 1. The number of carboxylic acids is 1. The lowest BCUT2D eigenvalue weighted by molar-refractivity contribution is -0.136. The van der Waals surface area contributed by atoms with E-state index in [-0.39, 0.29) is 11.7 Å². The topological polar surface area (TPSA) is 37.3 Å². The predicted molar refractivity (Wildman–Crippen MR) is 67.2 cm³/mol. The van der Waals surface area contributed by atoms with Crippen LogP contribution in [0.3, 0.4) is 0 Å². The van der Waals surface area contributed by atoms with Gasteiger partial charge in [0.1, 0.15) is 0 Å². The van der Waals surface area contributed by atoms with Crippen LogP contribution in [0.15, 0.2) is 28.7 Å². The molecule has 0 amide bonds. The van der Waals surface area contributed by atoms with Gasteiger partial charge in [0.25, 0.3) is 0 Å². The Bertz CT molecular complexity index is 341. The molecule has 0 spiro atoms. The number of hydrogen-bond donors (Lipinski definition) is 1. The monoisotopic (exact) mass is 288 g/mol. The highest BCUT2D eigenvalue weighted by Gasteiger charge is 2.07. The second kappa shape index (κ2) is 6.18. The number of aliphatic carboxylic acids is 1. The number of rotatable bonds is 5. The smallest absolute Gasteiger partial charge is 0.304 e. The highest BCUT2D eigenvalue weighted by atomic mass is 79.9. The lowest BCUT2D eigenvalue weighted by atomic mass is 10.2. The van der Waals surface area contributed by atoms with Gasteiger partial charge in [-0.25, -0.2) is 0 Å². The maximum atomic E-state index is 10.5. The van der Waals surface area contributed by atoms with E-state index in [1.165, 1.54) is 5.56 Å². The molecule has 1 rings (SSSR count). The third kappa shape index (κ3) is 5.23. The standard InChI is InChI=1S/C11H13BrO2S/c1-8(5-11(13)14)15-7-9-3-2-4-10(12)6-9/h2-4,6,8H,5,7H2,1H3,(H,13,14). The van der Waals surface area contributed by atoms with Gasteiger partial charge in [0, 0.05) is 15.5 Å². The molecule has 15 heavy (non-hydrogen) atoms. The van der Waals surface area contributed by atoms with Gasteiger partial charge in [-0.05, 0) is 17.7 Å². The molecule has 0 bridgehead atoms. The molecular weight excluding hydrogens is 276 g/mol. The summed E-state index contributed by atoms with van der Waals surface area (Å²) in [4.78, 5) is 10.5. The summed E-state index contributed by atoms with van der Waals surface area (Å²) in [7, 11) is 0. The molecule has 1 aromatic rings. The van der Waals surface area contributed by atoms with Gasteiger partial charge in [-0.15, -0.1) is 0 Å². The Morgan fingerprint density at radius 3 is 2.93 bits per heavy atom. The molecule has 0 saturated carbocycles. The molecule has 0 heterocycles. The summed E-state index contributed by atoms with van der Waals surface area (Å²) in [5.41, 5.74) is 1.21. The first-order valence-electron chi connectivity index (χ1n) is 4.66. The average molecular weight is 289 g/mol. The Hall–Kier alpha value is -0.480. The van der Waals surface area contributed by atoms with Gasteiger partial charge in [0.15, 0.2) is 0 Å². The Morgan fingerprint density at radius 1 is 1.60 bits per heavy atom. The van der Waals surface area contributed by atoms with Gasteiger partial charge in [-0.1, -0.05) is 35.0 Å². The number of carbonyl (C=O) groups is 1. The molecule has 0 aliphatic heterocycles. The molecule has 1 atom stereocenters. The first kappa shape index (κ1) is 12.6. The zero-order valence-corrected chi connectivity index (χ0v) is 10.8. The number of thioether (sulfide) groups is 1. The molecular formula is C11H13BrO2S. The summed E-state index contributed by atoms with van der Waals surface area (Å²) in [6, 6.07) is 8.07. The fourth-order valence-corrected chi connectivity index (χ4v) is 2.53. The molecule has 0 aromatic heterocycles. The maximum absolute atomic E-state index is 10.5. The molecule has 0 aliphatic rings. The van der Waals surface area contributed by atoms with Crippen molar-refractivity contribution in [2.75, 3.05) is 0 Å². The maximum Gasteiger partial charge on any atom is 0.304 e. The zero-order valence-electron chi connectivity index (χ0n) is 8.44. The van der Waals surface area contributed by atoms with Crippen molar-refractivity contribution in [2.45, 2.75) is 24.3 Å².